The molecule has 7 heteroatoms. The molecule has 1 aromatic carbocycles. The third-order valence-electron chi connectivity index (χ3n) is 8.60. The van der Waals surface area contributed by atoms with Gasteiger partial charge in [-0.2, -0.15) is 5.10 Å². The Morgan fingerprint density at radius 3 is 2.32 bits per heavy atom. The largest absolute Gasteiger partial charge is 0.380 e. The lowest BCUT2D eigenvalue weighted by Crippen LogP contribution is -2.63. The summed E-state index contributed by atoms with van der Waals surface area (Å²) < 4.78 is 5.55. The maximum atomic E-state index is 12.5. The van der Waals surface area contributed by atoms with Crippen molar-refractivity contribution in [3.63, 3.8) is 0 Å². The summed E-state index contributed by atoms with van der Waals surface area (Å²) in [5, 5.41) is 20.5. The number of pyridine rings is 1. The van der Waals surface area contributed by atoms with E-state index in [-0.39, 0.29) is 11.0 Å². The van der Waals surface area contributed by atoms with Gasteiger partial charge in [0.1, 0.15) is 5.60 Å². The molecule has 7 nitrogen and oxygen atoms in total. The second-order valence-electron chi connectivity index (χ2n) is 12.0. The second-order valence-corrected chi connectivity index (χ2v) is 12.0. The van der Waals surface area contributed by atoms with Gasteiger partial charge >= 0.3 is 0 Å². The monoisotopic (exact) mass is 503 g/mol. The number of benzene rings is 1. The number of morpholine rings is 1. The van der Waals surface area contributed by atoms with Crippen LogP contribution in [0.4, 0.5) is 0 Å². The number of aliphatic hydroxyl groups is 1. The molecule has 5 rings (SSSR count). The van der Waals surface area contributed by atoms with Crippen LogP contribution < -0.4 is 0 Å². The van der Waals surface area contributed by atoms with E-state index < -0.39 is 5.60 Å². The Balaban J connectivity index is 1.52. The van der Waals surface area contributed by atoms with Gasteiger partial charge in [-0.3, -0.25) is 15.0 Å². The number of ether oxygens (including phenoxy) is 1. The van der Waals surface area contributed by atoms with Crippen molar-refractivity contribution in [2.75, 3.05) is 46.4 Å². The molecular weight excluding hydrogens is 462 g/mol. The summed E-state index contributed by atoms with van der Waals surface area (Å²) in [5.74, 6) is 0.438. The Morgan fingerprint density at radius 1 is 1.03 bits per heavy atom. The van der Waals surface area contributed by atoms with Crippen LogP contribution >= 0.6 is 0 Å². The summed E-state index contributed by atoms with van der Waals surface area (Å²) in [7, 11) is 2.10. The molecule has 2 saturated heterocycles. The van der Waals surface area contributed by atoms with Crippen molar-refractivity contribution >= 4 is 0 Å². The molecule has 0 spiro atoms. The van der Waals surface area contributed by atoms with Crippen molar-refractivity contribution in [1.82, 2.24) is 25.0 Å². The van der Waals surface area contributed by atoms with Crippen molar-refractivity contribution in [2.45, 2.75) is 51.7 Å². The van der Waals surface area contributed by atoms with Crippen molar-refractivity contribution in [3.05, 3.63) is 71.2 Å². The minimum Gasteiger partial charge on any atom is -0.380 e. The molecule has 37 heavy (non-hydrogen) atoms. The van der Waals surface area contributed by atoms with Gasteiger partial charge in [0.25, 0.3) is 0 Å². The van der Waals surface area contributed by atoms with Gasteiger partial charge in [0.05, 0.1) is 30.1 Å². The van der Waals surface area contributed by atoms with Gasteiger partial charge in [0, 0.05) is 55.1 Å². The minimum atomic E-state index is -1.18. The van der Waals surface area contributed by atoms with E-state index in [9.17, 15) is 5.11 Å². The lowest BCUT2D eigenvalue weighted by molar-refractivity contribution is -0.127. The highest BCUT2D eigenvalue weighted by atomic mass is 16.5. The average Bonchev–Trinajstić information content (AvgIpc) is 3.39. The Morgan fingerprint density at radius 2 is 1.70 bits per heavy atom. The first-order valence-electron chi connectivity index (χ1n) is 13.4. The van der Waals surface area contributed by atoms with Gasteiger partial charge in [-0.05, 0) is 50.1 Å². The molecule has 0 aliphatic carbocycles. The summed E-state index contributed by atoms with van der Waals surface area (Å²) in [6.45, 7) is 15.9. The molecule has 2 aliphatic heterocycles. The van der Waals surface area contributed by atoms with Gasteiger partial charge in [0.15, 0.2) is 0 Å². The summed E-state index contributed by atoms with van der Waals surface area (Å²) in [4.78, 5) is 9.27. The van der Waals surface area contributed by atoms with Gasteiger partial charge in [-0.25, -0.2) is 0 Å². The van der Waals surface area contributed by atoms with Crippen LogP contribution in [0.3, 0.4) is 0 Å². The van der Waals surface area contributed by atoms with E-state index in [0.29, 0.717) is 5.92 Å². The number of H-pyrrole nitrogens is 1. The molecule has 2 aliphatic rings. The van der Waals surface area contributed by atoms with Crippen LogP contribution in [-0.2, 0) is 15.9 Å². The lowest BCUT2D eigenvalue weighted by Gasteiger charge is -2.55. The number of aromatic amines is 1. The van der Waals surface area contributed by atoms with Crippen LogP contribution in [-0.4, -0.2) is 76.5 Å². The zero-order valence-corrected chi connectivity index (χ0v) is 23.1. The molecule has 0 unspecified atom stereocenters. The Kier molecular flexibility index (Phi) is 6.77. The fourth-order valence-electron chi connectivity index (χ4n) is 6.20. The molecule has 2 aromatic heterocycles. The number of nitrogens with one attached hydrogen (secondary N) is 1. The number of aromatic nitrogens is 3. The Bertz CT molecular complexity index is 1220. The Hall–Kier alpha value is -2.58. The number of rotatable bonds is 7. The van der Waals surface area contributed by atoms with E-state index >= 15 is 0 Å². The molecule has 1 atom stereocenters. The normalized spacial score (nSPS) is 20.5. The minimum absolute atomic E-state index is 0.192. The third-order valence-corrected chi connectivity index (χ3v) is 8.60. The predicted molar refractivity (Wildman–Crippen MR) is 146 cm³/mol. The summed E-state index contributed by atoms with van der Waals surface area (Å²) >= 11 is 0. The average molecular weight is 504 g/mol. The molecular formula is C30H41N5O2. The van der Waals surface area contributed by atoms with Gasteiger partial charge in [-0.1, -0.05) is 45.0 Å². The smallest absolute Gasteiger partial charge is 0.124 e. The first-order chi connectivity index (χ1) is 17.5. The van der Waals surface area contributed by atoms with Crippen LogP contribution in [0.2, 0.25) is 0 Å². The van der Waals surface area contributed by atoms with Crippen molar-refractivity contribution in [2.24, 2.45) is 5.41 Å². The van der Waals surface area contributed by atoms with Crippen LogP contribution in [0.15, 0.2) is 48.8 Å². The van der Waals surface area contributed by atoms with E-state index in [1.807, 2.05) is 12.4 Å². The van der Waals surface area contributed by atoms with Crippen molar-refractivity contribution in [1.29, 1.82) is 0 Å². The molecule has 198 valence electrons. The quantitative estimate of drug-likeness (QED) is 0.499. The highest BCUT2D eigenvalue weighted by molar-refractivity contribution is 5.60. The van der Waals surface area contributed by atoms with Crippen LogP contribution in [0.5, 0.6) is 0 Å². The molecule has 3 aromatic rings. The fourth-order valence-corrected chi connectivity index (χ4v) is 6.20. The summed E-state index contributed by atoms with van der Waals surface area (Å²) in [6, 6.07) is 12.6. The van der Waals surface area contributed by atoms with E-state index in [0.717, 1.165) is 67.5 Å². The number of nitrogens with zero attached hydrogens (tertiary/aromatic N) is 4. The molecule has 0 amide bonds. The summed E-state index contributed by atoms with van der Waals surface area (Å²) in [5.41, 5.74) is 4.05. The lowest BCUT2D eigenvalue weighted by atomic mass is 9.62. The molecule has 2 N–H and O–H groups in total. The highest BCUT2D eigenvalue weighted by Crippen LogP contribution is 2.50. The van der Waals surface area contributed by atoms with Gasteiger partial charge in [-0.15, -0.1) is 0 Å². The zero-order chi connectivity index (χ0) is 26.4. The van der Waals surface area contributed by atoms with E-state index in [1.54, 1.807) is 0 Å². The van der Waals surface area contributed by atoms with Gasteiger partial charge < -0.3 is 14.7 Å². The maximum absolute atomic E-state index is 12.5. The first-order valence-corrected chi connectivity index (χ1v) is 13.4. The molecule has 2 fully saturated rings. The van der Waals surface area contributed by atoms with E-state index in [2.05, 4.69) is 103 Å². The zero-order valence-electron chi connectivity index (χ0n) is 23.1. The maximum Gasteiger partial charge on any atom is 0.124 e. The number of hydrogen-bond donors (Lipinski definition) is 2. The van der Waals surface area contributed by atoms with Crippen molar-refractivity contribution in [3.8, 4) is 11.3 Å². The molecule has 4 heterocycles. The first kappa shape index (κ1) is 26.0. The number of likely N-dealkylation sites (tertiary alicyclic amines) is 1. The van der Waals surface area contributed by atoms with E-state index in [4.69, 9.17) is 4.74 Å². The van der Waals surface area contributed by atoms with Crippen LogP contribution in [0.1, 0.15) is 62.9 Å². The molecule has 0 radical (unpaired) electrons. The molecule has 0 bridgehead atoms. The van der Waals surface area contributed by atoms with Crippen LogP contribution in [0.25, 0.3) is 11.3 Å². The number of hydrogen-bond acceptors (Lipinski definition) is 6. The Labute approximate surface area is 220 Å². The SMILES string of the molecule is CC(C)c1ccc([C@](O)(c2cncc(-c3cc(C(C)(C)N4CCOCC4)[nH]n3)c2)C2(C)CN(C)C2)cc1. The van der Waals surface area contributed by atoms with E-state index in [1.165, 1.54) is 5.56 Å². The fraction of sp³-hybridized carbons (Fsp3) is 0.533. The second kappa shape index (κ2) is 9.62. The predicted octanol–water partition coefficient (Wildman–Crippen LogP) is 4.35. The van der Waals surface area contributed by atoms with Crippen LogP contribution in [0, 0.1) is 5.41 Å². The van der Waals surface area contributed by atoms with Crippen molar-refractivity contribution < 1.29 is 9.84 Å². The standard InChI is InChI=1S/C30H41N5O2/c1-21(2)22-7-9-24(10-8-22)30(36,29(5)19-34(6)20-29)25-15-23(17-31-18-25)26-16-27(33-32-26)28(3,4)35-11-13-37-14-12-35/h7-10,15-18,21,36H,11-14,19-20H2,1-6H3,(H,32,33)/t30-/m0/s1. The third kappa shape index (κ3) is 4.52. The topological polar surface area (TPSA) is 77.5 Å². The molecule has 0 saturated carbocycles. The van der Waals surface area contributed by atoms with Gasteiger partial charge in [0.2, 0.25) is 0 Å². The highest BCUT2D eigenvalue weighted by Gasteiger charge is 2.55. The summed E-state index contributed by atoms with van der Waals surface area (Å²) in [6.07, 6.45) is 3.65.